The molecule has 1 heterocycles. The number of carbonyl (C=O) groups excluding carboxylic acids is 1. The molecule has 0 aromatic carbocycles. The molecule has 11 heavy (non-hydrogen) atoms. The molecule has 6 heteroatoms. The Labute approximate surface area is 82.1 Å². The molecule has 0 spiro atoms. The summed E-state index contributed by atoms with van der Waals surface area (Å²) in [6.45, 7) is 1.87. The second kappa shape index (κ2) is 3.18. The highest BCUT2D eigenvalue weighted by Crippen LogP contribution is 2.34. The van der Waals surface area contributed by atoms with Crippen LogP contribution in [0, 0.1) is 0 Å². The van der Waals surface area contributed by atoms with Gasteiger partial charge in [-0.05, 0) is 29.5 Å². The van der Waals surface area contributed by atoms with E-state index < -0.39 is 9.82 Å². The predicted octanol–water partition coefficient (Wildman–Crippen LogP) is 1.34. The summed E-state index contributed by atoms with van der Waals surface area (Å²) >= 11 is 3.52. The maximum absolute atomic E-state index is 10.4. The normalized spacial score (nSPS) is 29.8. The Morgan fingerprint density at radius 1 is 2.00 bits per heavy atom. The monoisotopic (exact) mass is 286 g/mol. The van der Waals surface area contributed by atoms with E-state index in [1.165, 1.54) is 0 Å². The van der Waals surface area contributed by atoms with Gasteiger partial charge in [0.1, 0.15) is 0 Å². The zero-order valence-corrected chi connectivity index (χ0v) is 8.81. The number of thioether (sulfide) groups is 1. The second-order valence-electron chi connectivity index (χ2n) is 2.03. The van der Waals surface area contributed by atoms with Crippen molar-refractivity contribution < 1.29 is 9.53 Å². The minimum atomic E-state index is -0.779. The molecular formula is C5H7IN2O2S. The first kappa shape index (κ1) is 9.11. The van der Waals surface area contributed by atoms with Gasteiger partial charge in [0.2, 0.25) is 0 Å². The van der Waals surface area contributed by atoms with Gasteiger partial charge in [-0.3, -0.25) is 0 Å². The highest BCUT2D eigenvalue weighted by atomic mass is 127. The van der Waals surface area contributed by atoms with E-state index in [1.807, 2.05) is 29.5 Å². The van der Waals surface area contributed by atoms with Crippen molar-refractivity contribution in [3.8, 4) is 0 Å². The number of hydrogen-bond acceptors (Lipinski definition) is 4. The zero-order valence-electron chi connectivity index (χ0n) is 5.83. The molecule has 1 rings (SSSR count). The van der Waals surface area contributed by atoms with Crippen LogP contribution in [-0.4, -0.2) is 20.6 Å². The summed E-state index contributed by atoms with van der Waals surface area (Å²) in [5, 5.41) is 0.917. The Hall–Kier alpha value is 0.0200. The van der Waals surface area contributed by atoms with E-state index in [1.54, 1.807) is 11.8 Å². The fourth-order valence-electron chi connectivity index (χ4n) is 0.700. The van der Waals surface area contributed by atoms with E-state index >= 15 is 0 Å². The summed E-state index contributed by atoms with van der Waals surface area (Å²) in [5.74, 6) is 0.641. The van der Waals surface area contributed by atoms with Crippen molar-refractivity contribution in [1.29, 1.82) is 0 Å². The first-order valence-electron chi connectivity index (χ1n) is 2.88. The van der Waals surface area contributed by atoms with Gasteiger partial charge in [-0.15, -0.1) is 11.8 Å². The Morgan fingerprint density at radius 2 is 2.64 bits per heavy atom. The van der Waals surface area contributed by atoms with Gasteiger partial charge in [0.15, 0.2) is 0 Å². The quantitative estimate of drug-likeness (QED) is 0.449. The number of alkyl halides is 1. The van der Waals surface area contributed by atoms with Gasteiger partial charge in [0, 0.05) is 0 Å². The molecule has 0 bridgehead atoms. The summed E-state index contributed by atoms with van der Waals surface area (Å²) in [6, 6.07) is 0. The molecule has 0 aromatic rings. The second-order valence-corrected chi connectivity index (χ2v) is 4.88. The van der Waals surface area contributed by atoms with E-state index in [4.69, 9.17) is 10.5 Å². The third kappa shape index (κ3) is 2.51. The zero-order chi connectivity index (χ0) is 8.48. The molecule has 1 unspecified atom stereocenters. The minimum absolute atomic E-state index is 0.641. The van der Waals surface area contributed by atoms with E-state index in [-0.39, 0.29) is 0 Å². The molecule has 0 aliphatic carbocycles. The molecular weight excluding hydrogens is 279 g/mol. The molecule has 1 aliphatic rings. The summed E-state index contributed by atoms with van der Waals surface area (Å²) in [6.07, 6.45) is -0.779. The van der Waals surface area contributed by atoms with Crippen LogP contribution in [0.2, 0.25) is 0 Å². The Morgan fingerprint density at radius 3 is 3.00 bits per heavy atom. The number of nitrogens with zero attached hydrogens (tertiary/aromatic N) is 1. The highest BCUT2D eigenvalue weighted by molar-refractivity contribution is 14.1. The maximum Gasteiger partial charge on any atom is 0.407 e. The van der Waals surface area contributed by atoms with Gasteiger partial charge in [-0.25, -0.2) is 9.79 Å². The molecule has 1 atom stereocenters. The van der Waals surface area contributed by atoms with Gasteiger partial charge in [0.25, 0.3) is 3.73 Å². The largest absolute Gasteiger partial charge is 0.411 e. The number of nitrogens with two attached hydrogens (primary N) is 1. The molecule has 0 saturated carbocycles. The topological polar surface area (TPSA) is 64.7 Å². The van der Waals surface area contributed by atoms with Crippen LogP contribution in [0.5, 0.6) is 0 Å². The Balaban J connectivity index is 2.62. The number of rotatable bonds is 1. The molecule has 1 aliphatic heterocycles. The van der Waals surface area contributed by atoms with Crippen molar-refractivity contribution in [2.75, 3.05) is 5.75 Å². The van der Waals surface area contributed by atoms with E-state index in [0.29, 0.717) is 5.75 Å². The van der Waals surface area contributed by atoms with Gasteiger partial charge >= 0.3 is 6.09 Å². The molecule has 0 saturated heterocycles. The van der Waals surface area contributed by atoms with Crippen molar-refractivity contribution in [3.05, 3.63) is 0 Å². The number of amides is 1. The van der Waals surface area contributed by atoms with Gasteiger partial charge < -0.3 is 10.5 Å². The lowest BCUT2D eigenvalue weighted by Gasteiger charge is -2.15. The van der Waals surface area contributed by atoms with Gasteiger partial charge in [-0.2, -0.15) is 0 Å². The fraction of sp³-hybridized carbons (Fsp3) is 0.600. The number of halogens is 1. The van der Waals surface area contributed by atoms with Crippen molar-refractivity contribution in [1.82, 2.24) is 0 Å². The summed E-state index contributed by atoms with van der Waals surface area (Å²) in [7, 11) is 0. The van der Waals surface area contributed by atoms with Crippen molar-refractivity contribution >= 4 is 45.5 Å². The number of aliphatic imine (C=N–C) groups is 1. The van der Waals surface area contributed by atoms with Gasteiger partial charge in [-0.1, -0.05) is 0 Å². The smallest absolute Gasteiger partial charge is 0.407 e. The van der Waals surface area contributed by atoms with Crippen LogP contribution in [0.15, 0.2) is 4.99 Å². The van der Waals surface area contributed by atoms with E-state index in [0.717, 1.165) is 5.04 Å². The fourth-order valence-corrected chi connectivity index (χ4v) is 2.63. The van der Waals surface area contributed by atoms with E-state index in [2.05, 4.69) is 4.99 Å². The number of ether oxygens (including phenoxy) is 1. The minimum Gasteiger partial charge on any atom is -0.411 e. The van der Waals surface area contributed by atoms with Gasteiger partial charge in [0.05, 0.1) is 10.8 Å². The number of hydrogen-bond donors (Lipinski definition) is 1. The van der Waals surface area contributed by atoms with Crippen LogP contribution >= 0.6 is 34.4 Å². The average Bonchev–Trinajstić information content (AvgIpc) is 2.08. The third-order valence-electron chi connectivity index (χ3n) is 1.04. The predicted molar refractivity (Wildman–Crippen MR) is 53.0 cm³/mol. The van der Waals surface area contributed by atoms with Crippen LogP contribution in [0.4, 0.5) is 4.79 Å². The number of carbonyl (C=O) groups is 1. The van der Waals surface area contributed by atoms with Crippen LogP contribution in [0.25, 0.3) is 0 Å². The summed E-state index contributed by atoms with van der Waals surface area (Å²) in [5.41, 5.74) is 4.86. The SMILES string of the molecule is CC1=NC(I)(OC(N)=O)CS1. The van der Waals surface area contributed by atoms with Crippen molar-refractivity contribution in [2.24, 2.45) is 10.7 Å². The molecule has 62 valence electrons. The first-order valence-corrected chi connectivity index (χ1v) is 4.95. The third-order valence-corrected chi connectivity index (χ3v) is 3.45. The number of primary amides is 1. The molecule has 0 radical (unpaired) electrons. The molecule has 0 aromatic heterocycles. The van der Waals surface area contributed by atoms with Crippen molar-refractivity contribution in [3.63, 3.8) is 0 Å². The molecule has 2 N–H and O–H groups in total. The van der Waals surface area contributed by atoms with E-state index in [9.17, 15) is 4.79 Å². The first-order chi connectivity index (χ1) is 5.02. The lowest BCUT2D eigenvalue weighted by atomic mass is 10.6. The molecule has 0 fully saturated rings. The standard InChI is InChI=1S/C5H7IN2O2S/c1-3-8-5(6,2-11-3)10-4(7)9/h2H2,1H3,(H2,7,9). The van der Waals surface area contributed by atoms with Crippen LogP contribution in [0.1, 0.15) is 6.92 Å². The van der Waals surface area contributed by atoms with Crippen molar-refractivity contribution in [2.45, 2.75) is 10.7 Å². The Bertz CT molecular complexity index is 221. The highest BCUT2D eigenvalue weighted by Gasteiger charge is 2.34. The van der Waals surface area contributed by atoms with Crippen LogP contribution in [0.3, 0.4) is 0 Å². The Kier molecular flexibility index (Phi) is 2.63. The van der Waals surface area contributed by atoms with Crippen LogP contribution in [-0.2, 0) is 4.74 Å². The maximum atomic E-state index is 10.4. The molecule has 1 amide bonds. The average molecular weight is 286 g/mol. The molecule has 4 nitrogen and oxygen atoms in total. The lowest BCUT2D eigenvalue weighted by Crippen LogP contribution is -2.29. The summed E-state index contributed by atoms with van der Waals surface area (Å²) < 4.78 is 4.02. The lowest BCUT2D eigenvalue weighted by molar-refractivity contribution is 0.115. The summed E-state index contributed by atoms with van der Waals surface area (Å²) in [4.78, 5) is 14.5. The van der Waals surface area contributed by atoms with Crippen LogP contribution < -0.4 is 5.73 Å².